The number of amides is 1. The molecule has 0 spiro atoms. The quantitative estimate of drug-likeness (QED) is 0.260. The number of carbonyl (C=O) groups is 1. The van der Waals surface area contributed by atoms with Gasteiger partial charge in [0.15, 0.2) is 0 Å². The van der Waals surface area contributed by atoms with Gasteiger partial charge in [0.05, 0.1) is 11.1 Å². The number of nitrogens with zero attached hydrogens (tertiary/aromatic N) is 2. The molecule has 212 valence electrons. The Bertz CT molecular complexity index is 1520. The maximum Gasteiger partial charge on any atom is 0.242 e. The van der Waals surface area contributed by atoms with Crippen molar-refractivity contribution in [3.05, 3.63) is 136 Å². The molecule has 0 aliphatic carbocycles. The Balaban J connectivity index is 1.36. The van der Waals surface area contributed by atoms with Crippen LogP contribution >= 0.6 is 23.2 Å². The zero-order chi connectivity index (χ0) is 28.8. The van der Waals surface area contributed by atoms with E-state index in [0.717, 1.165) is 5.56 Å². The van der Waals surface area contributed by atoms with Crippen LogP contribution < -0.4 is 4.72 Å². The van der Waals surface area contributed by atoms with Crippen LogP contribution in [0.25, 0.3) is 0 Å². The number of carbonyl (C=O) groups excluding carboxylic acids is 1. The fourth-order valence-electron chi connectivity index (χ4n) is 5.27. The van der Waals surface area contributed by atoms with Gasteiger partial charge in [0.1, 0.15) is 10.9 Å². The van der Waals surface area contributed by atoms with Gasteiger partial charge in [0.2, 0.25) is 15.9 Å². The third kappa shape index (κ3) is 7.18. The number of benzene rings is 4. The van der Waals surface area contributed by atoms with Crippen molar-refractivity contribution in [3.8, 4) is 0 Å². The normalized spacial score (nSPS) is 15.1. The van der Waals surface area contributed by atoms with E-state index in [9.17, 15) is 13.2 Å². The first-order chi connectivity index (χ1) is 19.8. The molecule has 0 saturated carbocycles. The van der Waals surface area contributed by atoms with Gasteiger partial charge in [-0.2, -0.15) is 4.72 Å². The van der Waals surface area contributed by atoms with Crippen molar-refractivity contribution in [2.24, 2.45) is 0 Å². The fraction of sp³-hybridized carbons (Fsp3) is 0.219. The molecule has 0 bridgehead atoms. The summed E-state index contributed by atoms with van der Waals surface area (Å²) in [5.74, 6) is -0.272. The van der Waals surface area contributed by atoms with Crippen molar-refractivity contribution in [1.29, 1.82) is 0 Å². The van der Waals surface area contributed by atoms with Crippen molar-refractivity contribution >= 4 is 39.1 Å². The van der Waals surface area contributed by atoms with Crippen molar-refractivity contribution in [1.82, 2.24) is 14.5 Å². The first kappa shape index (κ1) is 29.3. The van der Waals surface area contributed by atoms with Crippen molar-refractivity contribution in [2.45, 2.75) is 23.4 Å². The fourth-order valence-corrected chi connectivity index (χ4v) is 7.22. The summed E-state index contributed by atoms with van der Waals surface area (Å²) in [5, 5.41) is 0.275. The van der Waals surface area contributed by atoms with E-state index in [4.69, 9.17) is 23.2 Å². The molecule has 9 heteroatoms. The second kappa shape index (κ2) is 13.2. The van der Waals surface area contributed by atoms with Crippen LogP contribution in [-0.2, 0) is 21.2 Å². The van der Waals surface area contributed by atoms with E-state index in [1.54, 1.807) is 4.90 Å². The van der Waals surface area contributed by atoms with Crippen molar-refractivity contribution in [3.63, 3.8) is 0 Å². The Morgan fingerprint density at radius 3 is 1.85 bits per heavy atom. The van der Waals surface area contributed by atoms with Gasteiger partial charge in [-0.3, -0.25) is 9.69 Å². The molecular weight excluding hydrogens is 577 g/mol. The number of sulfonamides is 1. The summed E-state index contributed by atoms with van der Waals surface area (Å²) in [4.78, 5) is 17.9. The highest BCUT2D eigenvalue weighted by molar-refractivity contribution is 7.89. The molecule has 41 heavy (non-hydrogen) atoms. The highest BCUT2D eigenvalue weighted by atomic mass is 35.5. The molecule has 0 aromatic heterocycles. The van der Waals surface area contributed by atoms with Gasteiger partial charge >= 0.3 is 0 Å². The summed E-state index contributed by atoms with van der Waals surface area (Å²) in [5.41, 5.74) is 3.22. The summed E-state index contributed by atoms with van der Waals surface area (Å²) in [6, 6.07) is 33.3. The number of piperazine rings is 1. The average molecular weight is 609 g/mol. The van der Waals surface area contributed by atoms with Crippen molar-refractivity contribution < 1.29 is 13.2 Å². The Morgan fingerprint density at radius 2 is 1.29 bits per heavy atom. The van der Waals surface area contributed by atoms with Crippen LogP contribution in [0.2, 0.25) is 10.0 Å². The molecule has 1 atom stereocenters. The van der Waals surface area contributed by atoms with Gasteiger partial charge in [0, 0.05) is 31.2 Å². The highest BCUT2D eigenvalue weighted by Gasteiger charge is 2.34. The summed E-state index contributed by atoms with van der Waals surface area (Å²) in [6.45, 7) is 2.23. The predicted octanol–water partition coefficient (Wildman–Crippen LogP) is 5.82. The standard InChI is InChI=1S/C32H31Cl2N3O3S/c33-27-16-17-28(34)30(23-27)41(39,40)35-29(22-24-10-4-1-5-11-24)32(38)37-20-18-36(19-21-37)31(25-12-6-2-7-13-25)26-14-8-3-9-15-26/h1-17,23,29,31,35H,18-22H2/t29-/m0/s1. The Hall–Kier alpha value is -3.20. The van der Waals surface area contributed by atoms with Gasteiger partial charge in [-0.25, -0.2) is 8.42 Å². The zero-order valence-electron chi connectivity index (χ0n) is 22.4. The third-order valence-corrected chi connectivity index (χ3v) is 9.47. The third-order valence-electron chi connectivity index (χ3n) is 7.28. The smallest absolute Gasteiger partial charge is 0.242 e. The number of hydrogen-bond donors (Lipinski definition) is 1. The van der Waals surface area contributed by atoms with Crippen LogP contribution in [0.1, 0.15) is 22.7 Å². The molecule has 0 radical (unpaired) electrons. The minimum atomic E-state index is -4.14. The number of rotatable bonds is 9. The first-order valence-electron chi connectivity index (χ1n) is 13.5. The van der Waals surface area contributed by atoms with Crippen LogP contribution in [0.15, 0.2) is 114 Å². The van der Waals surface area contributed by atoms with Crippen LogP contribution in [0.4, 0.5) is 0 Å². The van der Waals surface area contributed by atoms with E-state index in [-0.39, 0.29) is 33.3 Å². The maximum atomic E-state index is 13.9. The average Bonchev–Trinajstić information content (AvgIpc) is 3.00. The molecule has 4 aromatic rings. The number of halogens is 2. The van der Waals surface area contributed by atoms with Crippen molar-refractivity contribution in [2.75, 3.05) is 26.2 Å². The molecule has 0 unspecified atom stereocenters. The van der Waals surface area contributed by atoms with Gasteiger partial charge in [-0.05, 0) is 41.3 Å². The second-order valence-corrected chi connectivity index (χ2v) is 12.5. The number of nitrogens with one attached hydrogen (secondary N) is 1. The summed E-state index contributed by atoms with van der Waals surface area (Å²) < 4.78 is 29.5. The monoisotopic (exact) mass is 607 g/mol. The lowest BCUT2D eigenvalue weighted by molar-refractivity contribution is -0.135. The first-order valence-corrected chi connectivity index (χ1v) is 15.7. The van der Waals surface area contributed by atoms with E-state index in [0.29, 0.717) is 26.2 Å². The summed E-state index contributed by atoms with van der Waals surface area (Å²) in [7, 11) is -4.14. The topological polar surface area (TPSA) is 69.7 Å². The van der Waals surface area contributed by atoms with Gasteiger partial charge in [-0.15, -0.1) is 0 Å². The van der Waals surface area contributed by atoms with Crippen LogP contribution in [0, 0.1) is 0 Å². The minimum Gasteiger partial charge on any atom is -0.339 e. The number of hydrogen-bond acceptors (Lipinski definition) is 4. The lowest BCUT2D eigenvalue weighted by Gasteiger charge is -2.40. The molecule has 1 amide bonds. The van der Waals surface area contributed by atoms with E-state index in [1.807, 2.05) is 66.7 Å². The molecule has 6 nitrogen and oxygen atoms in total. The zero-order valence-corrected chi connectivity index (χ0v) is 24.7. The molecule has 1 aliphatic heterocycles. The van der Waals surface area contributed by atoms with Crippen LogP contribution in [-0.4, -0.2) is 56.3 Å². The molecule has 1 saturated heterocycles. The van der Waals surface area contributed by atoms with E-state index in [2.05, 4.69) is 33.9 Å². The Morgan fingerprint density at radius 1 is 0.756 bits per heavy atom. The Kier molecular flexibility index (Phi) is 9.42. The van der Waals surface area contributed by atoms with Gasteiger partial charge < -0.3 is 4.90 Å². The molecule has 1 heterocycles. The minimum absolute atomic E-state index is 0.0364. The SMILES string of the molecule is O=C([C@H](Cc1ccccc1)NS(=O)(=O)c1cc(Cl)ccc1Cl)N1CCN(C(c2ccccc2)c2ccccc2)CC1. The molecule has 1 N–H and O–H groups in total. The van der Waals surface area contributed by atoms with Crippen LogP contribution in [0.5, 0.6) is 0 Å². The molecule has 1 aliphatic rings. The highest BCUT2D eigenvalue weighted by Crippen LogP contribution is 2.30. The van der Waals surface area contributed by atoms with E-state index in [1.165, 1.54) is 29.3 Å². The largest absolute Gasteiger partial charge is 0.339 e. The molecule has 4 aromatic carbocycles. The van der Waals surface area contributed by atoms with E-state index < -0.39 is 16.1 Å². The Labute approximate surface area is 251 Å². The summed E-state index contributed by atoms with van der Waals surface area (Å²) in [6.07, 6.45) is 0.202. The molecular formula is C32H31Cl2N3O3S. The summed E-state index contributed by atoms with van der Waals surface area (Å²) >= 11 is 12.3. The molecule has 1 fully saturated rings. The van der Waals surface area contributed by atoms with Gasteiger partial charge in [0.25, 0.3) is 0 Å². The van der Waals surface area contributed by atoms with Crippen LogP contribution in [0.3, 0.4) is 0 Å². The van der Waals surface area contributed by atoms with Gasteiger partial charge in [-0.1, -0.05) is 114 Å². The lowest BCUT2D eigenvalue weighted by atomic mass is 9.96. The van der Waals surface area contributed by atoms with E-state index >= 15 is 0 Å². The lowest BCUT2D eigenvalue weighted by Crippen LogP contribution is -2.56. The predicted molar refractivity (Wildman–Crippen MR) is 164 cm³/mol. The maximum absolute atomic E-state index is 13.9. The molecule has 5 rings (SSSR count). The second-order valence-electron chi connectivity index (χ2n) is 10.0.